The summed E-state index contributed by atoms with van der Waals surface area (Å²) in [5.41, 5.74) is 7.99. The predicted molar refractivity (Wildman–Crippen MR) is 141 cm³/mol. The first-order valence-corrected chi connectivity index (χ1v) is 13.3. The zero-order chi connectivity index (χ0) is 24.8. The standard InChI is InChI=1S/C32H33NO3/c1-20-9-7-16-25(21(20)2)31(34)22-17-23-10-8-11-24(18-22)33(23)32(35)36-19-30-28-14-5-3-12-26(28)27-13-4-6-15-29(27)30/h3-7,9,12-16,22-24,30H,8,10-11,17-19H2,1-2H3. The molecular formula is C32H33NO3. The van der Waals surface area contributed by atoms with E-state index in [-0.39, 0.29) is 35.8 Å². The summed E-state index contributed by atoms with van der Waals surface area (Å²) >= 11 is 0. The Morgan fingerprint density at radius 3 is 2.08 bits per heavy atom. The van der Waals surface area contributed by atoms with Crippen LogP contribution in [0.15, 0.2) is 66.7 Å². The number of piperidine rings is 2. The van der Waals surface area contributed by atoms with Gasteiger partial charge in [0.2, 0.25) is 0 Å². The number of ketones is 1. The average molecular weight is 480 g/mol. The SMILES string of the molecule is Cc1cccc(C(=O)C2CC3CCCC(C2)N3C(=O)OCC2c3ccccc3-c3ccccc32)c1C. The Labute approximate surface area is 213 Å². The van der Waals surface area contributed by atoms with E-state index in [0.717, 1.165) is 48.8 Å². The molecule has 0 saturated carbocycles. The van der Waals surface area contributed by atoms with E-state index in [4.69, 9.17) is 4.74 Å². The Hall–Kier alpha value is -3.40. The van der Waals surface area contributed by atoms with E-state index >= 15 is 0 Å². The first-order chi connectivity index (χ1) is 17.5. The number of Topliss-reactive ketones (excluding diaryl/α,β-unsaturated/α-hetero) is 1. The molecule has 0 aromatic heterocycles. The maximum atomic E-state index is 13.5. The molecule has 4 nitrogen and oxygen atoms in total. The minimum absolute atomic E-state index is 0.0292. The monoisotopic (exact) mass is 479 g/mol. The van der Waals surface area contributed by atoms with Crippen LogP contribution in [0.5, 0.6) is 0 Å². The van der Waals surface area contributed by atoms with Crippen molar-refractivity contribution in [1.29, 1.82) is 0 Å². The highest BCUT2D eigenvalue weighted by molar-refractivity contribution is 5.99. The number of benzene rings is 3. The summed E-state index contributed by atoms with van der Waals surface area (Å²) in [6, 6.07) is 23.0. The van der Waals surface area contributed by atoms with Gasteiger partial charge in [-0.25, -0.2) is 4.79 Å². The smallest absolute Gasteiger partial charge is 0.410 e. The van der Waals surface area contributed by atoms with Crippen molar-refractivity contribution in [3.8, 4) is 11.1 Å². The summed E-state index contributed by atoms with van der Waals surface area (Å²) in [4.78, 5) is 28.9. The normalized spacial score (nSPS) is 22.6. The number of carbonyl (C=O) groups excluding carboxylic acids is 2. The topological polar surface area (TPSA) is 46.6 Å². The van der Waals surface area contributed by atoms with Gasteiger partial charge in [-0.3, -0.25) is 4.79 Å². The molecule has 1 aliphatic carbocycles. The molecule has 3 aromatic carbocycles. The average Bonchev–Trinajstić information content (AvgIpc) is 3.21. The van der Waals surface area contributed by atoms with E-state index in [1.807, 2.05) is 24.0 Å². The molecule has 2 saturated heterocycles. The lowest BCUT2D eigenvalue weighted by molar-refractivity contribution is 0.00649. The van der Waals surface area contributed by atoms with Crippen LogP contribution < -0.4 is 0 Å². The molecule has 3 aromatic rings. The third kappa shape index (κ3) is 3.84. The van der Waals surface area contributed by atoms with Crippen molar-refractivity contribution < 1.29 is 14.3 Å². The Morgan fingerprint density at radius 1 is 0.833 bits per heavy atom. The number of nitrogens with zero attached hydrogens (tertiary/aromatic N) is 1. The van der Waals surface area contributed by atoms with Gasteiger partial charge in [0.15, 0.2) is 5.78 Å². The lowest BCUT2D eigenvalue weighted by Gasteiger charge is -2.47. The molecule has 2 unspecified atom stereocenters. The van der Waals surface area contributed by atoms with Gasteiger partial charge in [-0.1, -0.05) is 66.7 Å². The summed E-state index contributed by atoms with van der Waals surface area (Å²) in [5, 5.41) is 0. The third-order valence-corrected chi connectivity index (χ3v) is 8.76. The number of rotatable bonds is 4. The number of carbonyl (C=O) groups is 2. The maximum absolute atomic E-state index is 13.5. The highest BCUT2D eigenvalue weighted by Gasteiger charge is 2.44. The minimum atomic E-state index is -0.218. The van der Waals surface area contributed by atoms with Crippen molar-refractivity contribution in [2.24, 2.45) is 5.92 Å². The van der Waals surface area contributed by atoms with Crippen molar-refractivity contribution in [2.75, 3.05) is 6.61 Å². The van der Waals surface area contributed by atoms with Crippen molar-refractivity contribution in [3.05, 3.63) is 94.5 Å². The number of ether oxygens (including phenoxy) is 1. The second-order valence-corrected chi connectivity index (χ2v) is 10.7. The maximum Gasteiger partial charge on any atom is 0.410 e. The van der Waals surface area contributed by atoms with E-state index in [0.29, 0.717) is 6.61 Å². The molecule has 4 heteroatoms. The van der Waals surface area contributed by atoms with Gasteiger partial charge in [0, 0.05) is 29.5 Å². The molecule has 2 heterocycles. The fourth-order valence-corrected chi connectivity index (χ4v) is 6.80. The summed E-state index contributed by atoms with van der Waals surface area (Å²) in [5.74, 6) is 0.267. The molecule has 2 fully saturated rings. The fraction of sp³-hybridized carbons (Fsp3) is 0.375. The molecule has 0 spiro atoms. The summed E-state index contributed by atoms with van der Waals surface area (Å²) in [7, 11) is 0. The van der Waals surface area contributed by atoms with Crippen LogP contribution in [0, 0.1) is 19.8 Å². The van der Waals surface area contributed by atoms with Crippen LogP contribution in [-0.2, 0) is 4.74 Å². The van der Waals surface area contributed by atoms with Gasteiger partial charge in [0.05, 0.1) is 0 Å². The summed E-state index contributed by atoms with van der Waals surface area (Å²) < 4.78 is 6.03. The van der Waals surface area contributed by atoms with E-state index < -0.39 is 0 Å². The van der Waals surface area contributed by atoms with Gasteiger partial charge in [0.25, 0.3) is 0 Å². The number of hydrogen-bond acceptors (Lipinski definition) is 3. The van der Waals surface area contributed by atoms with Crippen molar-refractivity contribution in [2.45, 2.75) is 64.0 Å². The van der Waals surface area contributed by atoms with Gasteiger partial charge < -0.3 is 9.64 Å². The molecule has 2 atom stereocenters. The lowest BCUT2D eigenvalue weighted by Crippen LogP contribution is -2.56. The molecule has 6 rings (SSSR count). The zero-order valence-electron chi connectivity index (χ0n) is 21.1. The van der Waals surface area contributed by atoms with Crippen LogP contribution in [-0.4, -0.2) is 35.5 Å². The fourth-order valence-electron chi connectivity index (χ4n) is 6.80. The van der Waals surface area contributed by atoms with Crippen LogP contribution in [0.2, 0.25) is 0 Å². The summed E-state index contributed by atoms with van der Waals surface area (Å²) in [6.07, 6.45) is 4.23. The zero-order valence-corrected chi connectivity index (χ0v) is 21.1. The van der Waals surface area contributed by atoms with Crippen LogP contribution in [0.3, 0.4) is 0 Å². The van der Waals surface area contributed by atoms with Gasteiger partial charge in [0.1, 0.15) is 6.61 Å². The van der Waals surface area contributed by atoms with E-state index in [9.17, 15) is 9.59 Å². The number of fused-ring (bicyclic) bond motifs is 5. The molecule has 36 heavy (non-hydrogen) atoms. The van der Waals surface area contributed by atoms with Crippen LogP contribution in [0.1, 0.15) is 70.6 Å². The lowest BCUT2D eigenvalue weighted by atomic mass is 9.75. The van der Waals surface area contributed by atoms with E-state index in [1.54, 1.807) is 0 Å². The van der Waals surface area contributed by atoms with Gasteiger partial charge in [-0.2, -0.15) is 0 Å². The molecule has 0 N–H and O–H groups in total. The first-order valence-electron chi connectivity index (χ1n) is 13.3. The first kappa shape index (κ1) is 23.0. The molecule has 2 bridgehead atoms. The second kappa shape index (κ2) is 9.24. The highest BCUT2D eigenvalue weighted by Crippen LogP contribution is 2.45. The predicted octanol–water partition coefficient (Wildman–Crippen LogP) is 7.07. The minimum Gasteiger partial charge on any atom is -0.448 e. The van der Waals surface area contributed by atoms with Crippen molar-refractivity contribution in [1.82, 2.24) is 4.90 Å². The third-order valence-electron chi connectivity index (χ3n) is 8.76. The molecule has 3 aliphatic rings. The van der Waals surface area contributed by atoms with Gasteiger partial charge in [-0.15, -0.1) is 0 Å². The molecular weight excluding hydrogens is 446 g/mol. The van der Waals surface area contributed by atoms with E-state index in [1.165, 1.54) is 22.3 Å². The van der Waals surface area contributed by atoms with Gasteiger partial charge >= 0.3 is 6.09 Å². The Balaban J connectivity index is 1.17. The molecule has 1 amide bonds. The molecule has 0 radical (unpaired) electrons. The molecule has 2 aliphatic heterocycles. The Morgan fingerprint density at radius 2 is 1.44 bits per heavy atom. The number of amides is 1. The van der Waals surface area contributed by atoms with Gasteiger partial charge in [-0.05, 0) is 79.3 Å². The van der Waals surface area contributed by atoms with Crippen LogP contribution in [0.4, 0.5) is 4.79 Å². The van der Waals surface area contributed by atoms with Crippen molar-refractivity contribution >= 4 is 11.9 Å². The summed E-state index contributed by atoms with van der Waals surface area (Å²) in [6.45, 7) is 4.43. The molecule has 184 valence electrons. The largest absolute Gasteiger partial charge is 0.448 e. The number of aryl methyl sites for hydroxylation is 1. The number of hydrogen-bond donors (Lipinski definition) is 0. The van der Waals surface area contributed by atoms with Crippen LogP contribution >= 0.6 is 0 Å². The van der Waals surface area contributed by atoms with Crippen LogP contribution in [0.25, 0.3) is 11.1 Å². The second-order valence-electron chi connectivity index (χ2n) is 10.7. The highest BCUT2D eigenvalue weighted by atomic mass is 16.6. The van der Waals surface area contributed by atoms with E-state index in [2.05, 4.69) is 61.5 Å². The Kier molecular flexibility index (Phi) is 5.91. The Bertz CT molecular complexity index is 1270. The quantitative estimate of drug-likeness (QED) is 0.376. The van der Waals surface area contributed by atoms with Crippen molar-refractivity contribution in [3.63, 3.8) is 0 Å².